The molecule has 0 radical (unpaired) electrons. The predicted molar refractivity (Wildman–Crippen MR) is 121 cm³/mol. The van der Waals surface area contributed by atoms with Gasteiger partial charge in [0.15, 0.2) is 0 Å². The molecule has 2 aromatic carbocycles. The van der Waals surface area contributed by atoms with Gasteiger partial charge in [-0.25, -0.2) is 9.97 Å². The summed E-state index contributed by atoms with van der Waals surface area (Å²) in [4.78, 5) is 21.3. The number of amides is 1. The number of anilines is 1. The van der Waals surface area contributed by atoms with E-state index in [1.165, 1.54) is 5.56 Å². The smallest absolute Gasteiger partial charge is 0.252 e. The first-order valence-corrected chi connectivity index (χ1v) is 10.6. The highest BCUT2D eigenvalue weighted by Crippen LogP contribution is 2.42. The van der Waals surface area contributed by atoms with Crippen molar-refractivity contribution in [1.82, 2.24) is 19.7 Å². The fourth-order valence-corrected chi connectivity index (χ4v) is 4.18. The summed E-state index contributed by atoms with van der Waals surface area (Å²) in [6.45, 7) is 2.50. The Kier molecular flexibility index (Phi) is 5.37. The second-order valence-corrected chi connectivity index (χ2v) is 7.74. The Balaban J connectivity index is 1.48. The van der Waals surface area contributed by atoms with Crippen LogP contribution >= 0.6 is 0 Å². The van der Waals surface area contributed by atoms with Crippen molar-refractivity contribution in [1.29, 1.82) is 0 Å². The van der Waals surface area contributed by atoms with Crippen LogP contribution in [0.2, 0.25) is 0 Å². The summed E-state index contributed by atoms with van der Waals surface area (Å²) in [5, 5.41) is 7.61. The fourth-order valence-electron chi connectivity index (χ4n) is 4.18. The van der Waals surface area contributed by atoms with Gasteiger partial charge in [-0.1, -0.05) is 48.5 Å². The van der Waals surface area contributed by atoms with Crippen molar-refractivity contribution >= 4 is 11.7 Å². The van der Waals surface area contributed by atoms with Gasteiger partial charge in [0.05, 0.1) is 12.3 Å². The SMILES string of the molecule is Cc1nn(-c2ncccn2)c2c1[C@H](c1ccccc1OCCc1ccccc1)CC(=O)N2. The number of hydrogen-bond acceptors (Lipinski definition) is 5. The molecule has 1 N–H and O–H groups in total. The van der Waals surface area contributed by atoms with Crippen molar-refractivity contribution in [3.05, 3.63) is 95.4 Å². The lowest BCUT2D eigenvalue weighted by Crippen LogP contribution is -2.25. The minimum Gasteiger partial charge on any atom is -0.493 e. The van der Waals surface area contributed by atoms with Crippen LogP contribution in [0.5, 0.6) is 5.75 Å². The van der Waals surface area contributed by atoms with Crippen LogP contribution in [-0.4, -0.2) is 32.3 Å². The minimum absolute atomic E-state index is 0.0707. The number of fused-ring (bicyclic) bond motifs is 1. The molecule has 1 atom stereocenters. The zero-order valence-electron chi connectivity index (χ0n) is 17.7. The fraction of sp³-hybridized carbons (Fsp3) is 0.200. The van der Waals surface area contributed by atoms with Gasteiger partial charge >= 0.3 is 0 Å². The van der Waals surface area contributed by atoms with Gasteiger partial charge in [-0.05, 0) is 24.6 Å². The standard InChI is InChI=1S/C25H23N5O2/c1-17-23-20(16-22(31)28-24(23)30(29-17)25-26-13-7-14-27-25)19-10-5-6-11-21(19)32-15-12-18-8-3-2-4-9-18/h2-11,13-14,20H,12,15-16H2,1H3,(H,28,31)/t20-/m0/s1. The summed E-state index contributed by atoms with van der Waals surface area (Å²) in [6.07, 6.45) is 4.45. The van der Waals surface area contributed by atoms with Gasteiger partial charge in [0, 0.05) is 42.3 Å². The molecule has 7 nitrogen and oxygen atoms in total. The van der Waals surface area contributed by atoms with E-state index >= 15 is 0 Å². The maximum absolute atomic E-state index is 12.7. The van der Waals surface area contributed by atoms with Crippen LogP contribution in [0, 0.1) is 6.92 Å². The van der Waals surface area contributed by atoms with Gasteiger partial charge < -0.3 is 10.1 Å². The largest absolute Gasteiger partial charge is 0.493 e. The van der Waals surface area contributed by atoms with E-state index in [-0.39, 0.29) is 11.8 Å². The van der Waals surface area contributed by atoms with Gasteiger partial charge in [0.1, 0.15) is 11.6 Å². The molecule has 0 saturated heterocycles. The average molecular weight is 425 g/mol. The number of nitrogens with zero attached hydrogens (tertiary/aromatic N) is 4. The number of ether oxygens (including phenoxy) is 1. The first-order chi connectivity index (χ1) is 15.7. The van der Waals surface area contributed by atoms with E-state index in [1.54, 1.807) is 23.1 Å². The second-order valence-electron chi connectivity index (χ2n) is 7.74. The Hall–Kier alpha value is -4.00. The highest BCUT2D eigenvalue weighted by atomic mass is 16.5. The van der Waals surface area contributed by atoms with Crippen molar-refractivity contribution in [2.45, 2.75) is 25.7 Å². The molecule has 7 heteroatoms. The Morgan fingerprint density at radius 1 is 1.03 bits per heavy atom. The second kappa shape index (κ2) is 8.63. The molecule has 160 valence electrons. The maximum atomic E-state index is 12.7. The summed E-state index contributed by atoms with van der Waals surface area (Å²) >= 11 is 0. The van der Waals surface area contributed by atoms with Gasteiger partial charge in [-0.2, -0.15) is 9.78 Å². The zero-order valence-corrected chi connectivity index (χ0v) is 17.7. The van der Waals surface area contributed by atoms with Crippen molar-refractivity contribution in [2.24, 2.45) is 0 Å². The van der Waals surface area contributed by atoms with Crippen LogP contribution in [0.3, 0.4) is 0 Å². The first kappa shape index (κ1) is 19.9. The quantitative estimate of drug-likeness (QED) is 0.504. The molecule has 1 amide bonds. The molecule has 4 aromatic rings. The zero-order chi connectivity index (χ0) is 21.9. The predicted octanol–water partition coefficient (Wildman–Crippen LogP) is 4.07. The van der Waals surface area contributed by atoms with E-state index in [0.717, 1.165) is 29.0 Å². The van der Waals surface area contributed by atoms with Crippen LogP contribution in [0.4, 0.5) is 5.82 Å². The van der Waals surface area contributed by atoms with Crippen molar-refractivity contribution in [2.75, 3.05) is 11.9 Å². The third-order valence-electron chi connectivity index (χ3n) is 5.63. The van der Waals surface area contributed by atoms with E-state index in [2.05, 4.69) is 32.5 Å². The number of aromatic nitrogens is 4. The highest BCUT2D eigenvalue weighted by molar-refractivity contribution is 5.95. The van der Waals surface area contributed by atoms with E-state index in [9.17, 15) is 4.79 Å². The van der Waals surface area contributed by atoms with Gasteiger partial charge in [0.25, 0.3) is 5.95 Å². The Morgan fingerprint density at radius 3 is 2.59 bits per heavy atom. The topological polar surface area (TPSA) is 81.9 Å². The lowest BCUT2D eigenvalue weighted by atomic mass is 9.85. The van der Waals surface area contributed by atoms with Gasteiger partial charge in [-0.15, -0.1) is 0 Å². The van der Waals surface area contributed by atoms with E-state index in [4.69, 9.17) is 4.74 Å². The van der Waals surface area contributed by atoms with Crippen LogP contribution in [-0.2, 0) is 11.2 Å². The number of para-hydroxylation sites is 1. The van der Waals surface area contributed by atoms with Crippen molar-refractivity contribution in [3.63, 3.8) is 0 Å². The Labute approximate surface area is 186 Å². The minimum atomic E-state index is -0.163. The third-order valence-corrected chi connectivity index (χ3v) is 5.63. The first-order valence-electron chi connectivity index (χ1n) is 10.6. The molecule has 0 bridgehead atoms. The summed E-state index contributed by atoms with van der Waals surface area (Å²) in [7, 11) is 0. The molecule has 0 aliphatic carbocycles. The summed E-state index contributed by atoms with van der Waals surface area (Å²) < 4.78 is 7.80. The van der Waals surface area contributed by atoms with Crippen molar-refractivity contribution in [3.8, 4) is 11.7 Å². The van der Waals surface area contributed by atoms with Crippen LogP contribution in [0.15, 0.2) is 73.1 Å². The number of carbonyl (C=O) groups excluding carboxylic acids is 1. The number of nitrogens with one attached hydrogen (secondary N) is 1. The van der Waals surface area contributed by atoms with Gasteiger partial charge in [0.2, 0.25) is 5.91 Å². The Morgan fingerprint density at radius 2 is 1.78 bits per heavy atom. The molecular weight excluding hydrogens is 402 g/mol. The monoisotopic (exact) mass is 425 g/mol. The summed E-state index contributed by atoms with van der Waals surface area (Å²) in [6, 6.07) is 19.9. The number of rotatable bonds is 6. The highest BCUT2D eigenvalue weighted by Gasteiger charge is 2.34. The lowest BCUT2D eigenvalue weighted by molar-refractivity contribution is -0.116. The number of hydrogen-bond donors (Lipinski definition) is 1. The molecule has 32 heavy (non-hydrogen) atoms. The molecule has 0 fully saturated rings. The molecule has 0 spiro atoms. The molecule has 5 rings (SSSR count). The maximum Gasteiger partial charge on any atom is 0.252 e. The number of benzene rings is 2. The molecule has 2 aromatic heterocycles. The van der Waals surface area contributed by atoms with E-state index in [0.29, 0.717) is 24.8 Å². The van der Waals surface area contributed by atoms with Crippen LogP contribution in [0.1, 0.15) is 34.7 Å². The van der Waals surface area contributed by atoms with E-state index in [1.807, 2.05) is 49.4 Å². The molecule has 1 aliphatic rings. The number of aryl methyl sites for hydroxylation is 1. The molecular formula is C25H23N5O2. The molecule has 0 unspecified atom stereocenters. The average Bonchev–Trinajstić information content (AvgIpc) is 3.16. The normalized spacial score (nSPS) is 15.2. The van der Waals surface area contributed by atoms with Gasteiger partial charge in [-0.3, -0.25) is 4.79 Å². The van der Waals surface area contributed by atoms with Crippen LogP contribution in [0.25, 0.3) is 5.95 Å². The summed E-state index contributed by atoms with van der Waals surface area (Å²) in [5.74, 6) is 1.60. The molecule has 0 saturated carbocycles. The number of carbonyl (C=O) groups is 1. The summed E-state index contributed by atoms with van der Waals surface area (Å²) in [5.41, 5.74) is 4.00. The van der Waals surface area contributed by atoms with Crippen LogP contribution < -0.4 is 10.1 Å². The van der Waals surface area contributed by atoms with E-state index < -0.39 is 0 Å². The third kappa shape index (κ3) is 3.85. The molecule has 1 aliphatic heterocycles. The Bertz CT molecular complexity index is 1240. The molecule has 3 heterocycles. The lowest BCUT2D eigenvalue weighted by Gasteiger charge is -2.25. The van der Waals surface area contributed by atoms with Crippen molar-refractivity contribution < 1.29 is 9.53 Å².